The van der Waals surface area contributed by atoms with E-state index < -0.39 is 7.60 Å². The Labute approximate surface area is 110 Å². The molecule has 1 N–H and O–H groups in total. The third-order valence-electron chi connectivity index (χ3n) is 3.00. The van der Waals surface area contributed by atoms with Gasteiger partial charge < -0.3 is 9.42 Å². The quantitative estimate of drug-likeness (QED) is 0.756. The molecule has 0 aliphatic heterocycles. The summed E-state index contributed by atoms with van der Waals surface area (Å²) in [6.45, 7) is 6.11. The Morgan fingerprint density at radius 2 is 1.94 bits per heavy atom. The standard InChI is InChI=1S/C14H23O3P/c1-4-7-11-18(15,16)17-14-10-8-9-12(5-2)13(14)6-3/h8-10H,4-7,11H2,1-3H3,(H,15,16). The fourth-order valence-electron chi connectivity index (χ4n) is 1.99. The van der Waals surface area contributed by atoms with E-state index >= 15 is 0 Å². The Hall–Kier alpha value is -0.790. The SMILES string of the molecule is CCCCP(=O)(O)Oc1cccc(CC)c1CC. The summed E-state index contributed by atoms with van der Waals surface area (Å²) < 4.78 is 17.3. The second kappa shape index (κ2) is 6.96. The van der Waals surface area contributed by atoms with Crippen LogP contribution in [0, 0.1) is 0 Å². The Balaban J connectivity index is 2.93. The van der Waals surface area contributed by atoms with Gasteiger partial charge in [0.2, 0.25) is 0 Å². The van der Waals surface area contributed by atoms with Crippen LogP contribution < -0.4 is 4.52 Å². The molecule has 3 nitrogen and oxygen atoms in total. The van der Waals surface area contributed by atoms with Crippen LogP contribution in [0.5, 0.6) is 5.75 Å². The number of benzene rings is 1. The summed E-state index contributed by atoms with van der Waals surface area (Å²) in [6, 6.07) is 5.71. The lowest BCUT2D eigenvalue weighted by Crippen LogP contribution is -2.01. The van der Waals surface area contributed by atoms with Gasteiger partial charge in [-0.3, -0.25) is 0 Å². The maximum atomic E-state index is 11.9. The van der Waals surface area contributed by atoms with Crippen LogP contribution in [-0.2, 0) is 17.4 Å². The molecule has 1 aromatic rings. The average molecular weight is 270 g/mol. The van der Waals surface area contributed by atoms with Crippen LogP contribution >= 0.6 is 7.60 Å². The predicted octanol–water partition coefficient (Wildman–Crippen LogP) is 4.18. The maximum absolute atomic E-state index is 11.9. The van der Waals surface area contributed by atoms with Crippen molar-refractivity contribution in [3.63, 3.8) is 0 Å². The van der Waals surface area contributed by atoms with Crippen molar-refractivity contribution in [3.8, 4) is 5.75 Å². The van der Waals surface area contributed by atoms with E-state index in [1.54, 1.807) is 6.07 Å². The van der Waals surface area contributed by atoms with Gasteiger partial charge in [0.15, 0.2) is 0 Å². The molecule has 0 saturated heterocycles. The van der Waals surface area contributed by atoms with E-state index in [9.17, 15) is 9.46 Å². The summed E-state index contributed by atoms with van der Waals surface area (Å²) in [4.78, 5) is 9.82. The molecule has 0 radical (unpaired) electrons. The van der Waals surface area contributed by atoms with E-state index in [4.69, 9.17) is 4.52 Å². The lowest BCUT2D eigenvalue weighted by atomic mass is 10.0. The minimum absolute atomic E-state index is 0.225. The molecule has 0 aliphatic carbocycles. The zero-order valence-corrected chi connectivity index (χ0v) is 12.4. The van der Waals surface area contributed by atoms with Gasteiger partial charge in [-0.25, -0.2) is 4.57 Å². The lowest BCUT2D eigenvalue weighted by Gasteiger charge is -2.17. The fourth-order valence-corrected chi connectivity index (χ4v) is 3.27. The molecule has 0 amide bonds. The van der Waals surface area contributed by atoms with Gasteiger partial charge in [0, 0.05) is 0 Å². The highest BCUT2D eigenvalue weighted by molar-refractivity contribution is 7.53. The second-order valence-corrected chi connectivity index (χ2v) is 6.31. The summed E-state index contributed by atoms with van der Waals surface area (Å²) in [7, 11) is -3.50. The van der Waals surface area contributed by atoms with Crippen molar-refractivity contribution in [3.05, 3.63) is 29.3 Å². The van der Waals surface area contributed by atoms with Crippen LogP contribution in [-0.4, -0.2) is 11.1 Å². The van der Waals surface area contributed by atoms with E-state index in [1.807, 2.05) is 26.0 Å². The van der Waals surface area contributed by atoms with E-state index in [2.05, 4.69) is 6.92 Å². The normalized spacial score (nSPS) is 14.2. The molecule has 0 aliphatic rings. The first-order chi connectivity index (χ1) is 8.54. The van der Waals surface area contributed by atoms with Crippen molar-refractivity contribution >= 4 is 7.60 Å². The molecular formula is C14H23O3P. The minimum Gasteiger partial charge on any atom is -0.424 e. The van der Waals surface area contributed by atoms with Crippen LogP contribution in [0.15, 0.2) is 18.2 Å². The first kappa shape index (κ1) is 15.3. The van der Waals surface area contributed by atoms with Crippen molar-refractivity contribution in [2.75, 3.05) is 6.16 Å². The largest absolute Gasteiger partial charge is 0.424 e. The first-order valence-electron chi connectivity index (χ1n) is 6.66. The molecule has 0 bridgehead atoms. The van der Waals surface area contributed by atoms with E-state index in [0.717, 1.165) is 24.8 Å². The third-order valence-corrected chi connectivity index (χ3v) is 4.36. The van der Waals surface area contributed by atoms with E-state index in [0.29, 0.717) is 12.2 Å². The summed E-state index contributed by atoms with van der Waals surface area (Å²) in [5.74, 6) is 0.568. The van der Waals surface area contributed by atoms with Crippen molar-refractivity contribution in [1.29, 1.82) is 0 Å². The highest BCUT2D eigenvalue weighted by atomic mass is 31.2. The van der Waals surface area contributed by atoms with E-state index in [1.165, 1.54) is 5.56 Å². The van der Waals surface area contributed by atoms with Gasteiger partial charge >= 0.3 is 7.60 Å². The van der Waals surface area contributed by atoms with Gasteiger partial charge in [0.25, 0.3) is 0 Å². The summed E-state index contributed by atoms with van der Waals surface area (Å²) in [5.41, 5.74) is 2.23. The zero-order valence-electron chi connectivity index (χ0n) is 11.5. The topological polar surface area (TPSA) is 46.5 Å². The molecular weight excluding hydrogens is 247 g/mol. The second-order valence-electron chi connectivity index (χ2n) is 4.41. The Bertz CT molecular complexity index is 429. The van der Waals surface area contributed by atoms with Gasteiger partial charge in [-0.1, -0.05) is 39.3 Å². The van der Waals surface area contributed by atoms with Gasteiger partial charge in [-0.15, -0.1) is 0 Å². The number of rotatable bonds is 7. The minimum atomic E-state index is -3.50. The Morgan fingerprint density at radius 3 is 2.50 bits per heavy atom. The van der Waals surface area contributed by atoms with Crippen molar-refractivity contribution in [2.45, 2.75) is 46.5 Å². The molecule has 102 valence electrons. The van der Waals surface area contributed by atoms with Crippen LogP contribution in [0.3, 0.4) is 0 Å². The van der Waals surface area contributed by atoms with Gasteiger partial charge in [0.1, 0.15) is 5.75 Å². The third kappa shape index (κ3) is 4.15. The molecule has 4 heteroatoms. The number of unbranched alkanes of at least 4 members (excludes halogenated alkanes) is 1. The molecule has 1 aromatic carbocycles. The molecule has 1 unspecified atom stereocenters. The average Bonchev–Trinajstić information content (AvgIpc) is 2.35. The number of hydrogen-bond donors (Lipinski definition) is 1. The molecule has 1 atom stereocenters. The first-order valence-corrected chi connectivity index (χ1v) is 8.42. The van der Waals surface area contributed by atoms with Crippen molar-refractivity contribution < 1.29 is 14.0 Å². The lowest BCUT2D eigenvalue weighted by molar-refractivity contribution is 0.376. The highest BCUT2D eigenvalue weighted by Crippen LogP contribution is 2.45. The fraction of sp³-hybridized carbons (Fsp3) is 0.571. The molecule has 1 rings (SSSR count). The number of hydrogen-bond acceptors (Lipinski definition) is 2. The predicted molar refractivity (Wildman–Crippen MR) is 75.4 cm³/mol. The van der Waals surface area contributed by atoms with Crippen LogP contribution in [0.1, 0.15) is 44.7 Å². The molecule has 0 fully saturated rings. The molecule has 0 saturated carbocycles. The summed E-state index contributed by atoms with van der Waals surface area (Å²) in [6.07, 6.45) is 3.55. The summed E-state index contributed by atoms with van der Waals surface area (Å²) in [5, 5.41) is 0. The van der Waals surface area contributed by atoms with E-state index in [-0.39, 0.29) is 6.16 Å². The monoisotopic (exact) mass is 270 g/mol. The summed E-state index contributed by atoms with van der Waals surface area (Å²) >= 11 is 0. The smallest absolute Gasteiger partial charge is 0.376 e. The van der Waals surface area contributed by atoms with Crippen LogP contribution in [0.25, 0.3) is 0 Å². The zero-order chi connectivity index (χ0) is 13.6. The van der Waals surface area contributed by atoms with Gasteiger partial charge in [-0.05, 0) is 36.5 Å². The molecule has 18 heavy (non-hydrogen) atoms. The van der Waals surface area contributed by atoms with Crippen molar-refractivity contribution in [2.24, 2.45) is 0 Å². The van der Waals surface area contributed by atoms with Crippen LogP contribution in [0.4, 0.5) is 0 Å². The highest BCUT2D eigenvalue weighted by Gasteiger charge is 2.21. The molecule has 0 aromatic heterocycles. The van der Waals surface area contributed by atoms with Crippen molar-refractivity contribution in [1.82, 2.24) is 0 Å². The Kier molecular flexibility index (Phi) is 5.90. The number of aryl methyl sites for hydroxylation is 1. The maximum Gasteiger partial charge on any atom is 0.376 e. The van der Waals surface area contributed by atoms with Gasteiger partial charge in [-0.2, -0.15) is 0 Å². The van der Waals surface area contributed by atoms with Gasteiger partial charge in [0.05, 0.1) is 6.16 Å². The van der Waals surface area contributed by atoms with Crippen LogP contribution in [0.2, 0.25) is 0 Å². The molecule has 0 spiro atoms. The Morgan fingerprint density at radius 1 is 1.22 bits per heavy atom. The molecule has 0 heterocycles.